The van der Waals surface area contributed by atoms with Crippen molar-refractivity contribution in [3.05, 3.63) is 28.8 Å². The van der Waals surface area contributed by atoms with Crippen LogP contribution in [0.4, 0.5) is 0 Å². The zero-order valence-electron chi connectivity index (χ0n) is 11.9. The fourth-order valence-electron chi connectivity index (χ4n) is 2.56. The molecule has 0 unspecified atom stereocenters. The second-order valence-corrected chi connectivity index (χ2v) is 5.47. The smallest absolute Gasteiger partial charge is 0.257 e. The standard InChI is InChI=1S/C15H20ClNO3/c1-19-10-11-5-7-17(8-6-11)15(18)13-9-12(16)3-4-14(13)20-2/h3-4,9,11H,5-8,10H2,1-2H3. The second-order valence-electron chi connectivity index (χ2n) is 5.04. The minimum absolute atomic E-state index is 0.0137. The number of hydrogen-bond acceptors (Lipinski definition) is 3. The van der Waals surface area contributed by atoms with Gasteiger partial charge in [-0.05, 0) is 37.0 Å². The van der Waals surface area contributed by atoms with Gasteiger partial charge < -0.3 is 14.4 Å². The summed E-state index contributed by atoms with van der Waals surface area (Å²) >= 11 is 5.98. The van der Waals surface area contributed by atoms with E-state index in [9.17, 15) is 4.79 Å². The summed E-state index contributed by atoms with van der Waals surface area (Å²) in [6, 6.07) is 5.12. The molecule has 1 aromatic carbocycles. The maximum atomic E-state index is 12.6. The number of halogens is 1. The molecule has 1 aliphatic rings. The number of rotatable bonds is 4. The summed E-state index contributed by atoms with van der Waals surface area (Å²) in [6.45, 7) is 2.27. The molecule has 0 aliphatic carbocycles. The van der Waals surface area contributed by atoms with Crippen LogP contribution in [-0.2, 0) is 4.74 Å². The van der Waals surface area contributed by atoms with Crippen LogP contribution in [0, 0.1) is 5.92 Å². The molecule has 1 fully saturated rings. The lowest BCUT2D eigenvalue weighted by atomic mass is 9.97. The van der Waals surface area contributed by atoms with Crippen molar-refractivity contribution in [3.63, 3.8) is 0 Å². The summed E-state index contributed by atoms with van der Waals surface area (Å²) in [4.78, 5) is 14.4. The molecule has 0 atom stereocenters. The summed E-state index contributed by atoms with van der Waals surface area (Å²) in [5, 5.41) is 0.545. The largest absolute Gasteiger partial charge is 0.496 e. The van der Waals surface area contributed by atoms with Crippen molar-refractivity contribution in [2.75, 3.05) is 33.9 Å². The highest BCUT2D eigenvalue weighted by molar-refractivity contribution is 6.31. The van der Waals surface area contributed by atoms with E-state index in [1.165, 1.54) is 0 Å². The first kappa shape index (κ1) is 15.1. The average Bonchev–Trinajstić information content (AvgIpc) is 2.47. The molecule has 1 aromatic rings. The van der Waals surface area contributed by atoms with Crippen molar-refractivity contribution < 1.29 is 14.3 Å². The van der Waals surface area contributed by atoms with E-state index in [1.54, 1.807) is 32.4 Å². The molecule has 0 radical (unpaired) electrons. The van der Waals surface area contributed by atoms with Gasteiger partial charge in [0.15, 0.2) is 0 Å². The molecule has 0 bridgehead atoms. The molecule has 1 saturated heterocycles. The van der Waals surface area contributed by atoms with Crippen LogP contribution in [0.3, 0.4) is 0 Å². The molecule has 4 nitrogen and oxygen atoms in total. The molecule has 2 rings (SSSR count). The zero-order valence-corrected chi connectivity index (χ0v) is 12.7. The van der Waals surface area contributed by atoms with Gasteiger partial charge in [0.05, 0.1) is 12.7 Å². The van der Waals surface area contributed by atoms with Crippen LogP contribution in [0.25, 0.3) is 0 Å². The molecule has 0 N–H and O–H groups in total. The highest BCUT2D eigenvalue weighted by Crippen LogP contribution is 2.26. The van der Waals surface area contributed by atoms with E-state index < -0.39 is 0 Å². The molecule has 0 aromatic heterocycles. The lowest BCUT2D eigenvalue weighted by molar-refractivity contribution is 0.0610. The Bertz CT molecular complexity index is 470. The van der Waals surface area contributed by atoms with E-state index >= 15 is 0 Å². The third-order valence-electron chi connectivity index (χ3n) is 3.70. The maximum absolute atomic E-state index is 12.6. The van der Waals surface area contributed by atoms with E-state index in [-0.39, 0.29) is 5.91 Å². The molecule has 110 valence electrons. The number of carbonyl (C=O) groups excluding carboxylic acids is 1. The second kappa shape index (κ2) is 6.95. The lowest BCUT2D eigenvalue weighted by Gasteiger charge is -2.32. The van der Waals surface area contributed by atoms with Crippen LogP contribution >= 0.6 is 11.6 Å². The predicted molar refractivity (Wildman–Crippen MR) is 78.5 cm³/mol. The summed E-state index contributed by atoms with van der Waals surface area (Å²) in [6.07, 6.45) is 1.95. The van der Waals surface area contributed by atoms with Crippen molar-refractivity contribution in [2.24, 2.45) is 5.92 Å². The average molecular weight is 298 g/mol. The van der Waals surface area contributed by atoms with E-state index in [4.69, 9.17) is 21.1 Å². The van der Waals surface area contributed by atoms with Crippen LogP contribution in [0.5, 0.6) is 5.75 Å². The van der Waals surface area contributed by atoms with Gasteiger partial charge in [-0.25, -0.2) is 0 Å². The van der Waals surface area contributed by atoms with Gasteiger partial charge in [-0.15, -0.1) is 0 Å². The van der Waals surface area contributed by atoms with Gasteiger partial charge in [0, 0.05) is 31.8 Å². The van der Waals surface area contributed by atoms with Crippen LogP contribution in [0.2, 0.25) is 5.02 Å². The van der Waals surface area contributed by atoms with E-state index in [1.807, 2.05) is 4.90 Å². The molecule has 5 heteroatoms. The molecule has 1 heterocycles. The molecule has 0 spiro atoms. The van der Waals surface area contributed by atoms with Crippen LogP contribution < -0.4 is 4.74 Å². The van der Waals surface area contributed by atoms with Crippen molar-refractivity contribution in [1.82, 2.24) is 4.90 Å². The number of likely N-dealkylation sites (tertiary alicyclic amines) is 1. The monoisotopic (exact) mass is 297 g/mol. The number of benzene rings is 1. The fraction of sp³-hybridized carbons (Fsp3) is 0.533. The van der Waals surface area contributed by atoms with Crippen molar-refractivity contribution in [1.29, 1.82) is 0 Å². The molecule has 1 aliphatic heterocycles. The van der Waals surface area contributed by atoms with Gasteiger partial charge in [-0.2, -0.15) is 0 Å². The van der Waals surface area contributed by atoms with Gasteiger partial charge in [0.25, 0.3) is 5.91 Å². The number of piperidine rings is 1. The summed E-state index contributed by atoms with van der Waals surface area (Å²) in [5.41, 5.74) is 0.533. The normalized spacial score (nSPS) is 16.2. The Balaban J connectivity index is 2.07. The van der Waals surface area contributed by atoms with Gasteiger partial charge in [0.2, 0.25) is 0 Å². The summed E-state index contributed by atoms with van der Waals surface area (Å²) in [5.74, 6) is 1.10. The highest BCUT2D eigenvalue weighted by atomic mass is 35.5. The number of nitrogens with zero attached hydrogens (tertiary/aromatic N) is 1. The van der Waals surface area contributed by atoms with E-state index in [2.05, 4.69) is 0 Å². The van der Waals surface area contributed by atoms with E-state index in [0.29, 0.717) is 22.3 Å². The number of hydrogen-bond donors (Lipinski definition) is 0. The number of carbonyl (C=O) groups is 1. The summed E-state index contributed by atoms with van der Waals surface area (Å²) < 4.78 is 10.4. The quantitative estimate of drug-likeness (QED) is 0.858. The molecule has 0 saturated carbocycles. The number of methoxy groups -OCH3 is 2. The third-order valence-corrected chi connectivity index (χ3v) is 3.93. The van der Waals surface area contributed by atoms with Gasteiger partial charge in [-0.3, -0.25) is 4.79 Å². The summed E-state index contributed by atoms with van der Waals surface area (Å²) in [7, 11) is 3.28. The Labute approximate surface area is 124 Å². The van der Waals surface area contributed by atoms with Gasteiger partial charge >= 0.3 is 0 Å². The number of amides is 1. The highest BCUT2D eigenvalue weighted by Gasteiger charge is 2.25. The van der Waals surface area contributed by atoms with Crippen molar-refractivity contribution in [2.45, 2.75) is 12.8 Å². The Hall–Kier alpha value is -1.26. The van der Waals surface area contributed by atoms with Crippen molar-refractivity contribution >= 4 is 17.5 Å². The van der Waals surface area contributed by atoms with Crippen molar-refractivity contribution in [3.8, 4) is 5.75 Å². The Kier molecular flexibility index (Phi) is 5.26. The third kappa shape index (κ3) is 3.44. The molecule has 20 heavy (non-hydrogen) atoms. The molecular formula is C15H20ClNO3. The zero-order chi connectivity index (χ0) is 14.5. The Morgan fingerprint density at radius 3 is 2.65 bits per heavy atom. The Morgan fingerprint density at radius 1 is 1.35 bits per heavy atom. The SMILES string of the molecule is COCC1CCN(C(=O)c2cc(Cl)ccc2OC)CC1. The van der Waals surface area contributed by atoms with Crippen LogP contribution in [0.1, 0.15) is 23.2 Å². The lowest BCUT2D eigenvalue weighted by Crippen LogP contribution is -2.39. The van der Waals surface area contributed by atoms with Gasteiger partial charge in [-0.1, -0.05) is 11.6 Å². The van der Waals surface area contributed by atoms with Gasteiger partial charge in [0.1, 0.15) is 5.75 Å². The topological polar surface area (TPSA) is 38.8 Å². The van der Waals surface area contributed by atoms with E-state index in [0.717, 1.165) is 32.5 Å². The van der Waals surface area contributed by atoms with Crippen LogP contribution in [0.15, 0.2) is 18.2 Å². The Morgan fingerprint density at radius 2 is 2.05 bits per heavy atom. The predicted octanol–water partition coefficient (Wildman–Crippen LogP) is 2.85. The van der Waals surface area contributed by atoms with Crippen LogP contribution in [-0.4, -0.2) is 44.7 Å². The minimum atomic E-state index is -0.0137. The maximum Gasteiger partial charge on any atom is 0.257 e. The fourth-order valence-corrected chi connectivity index (χ4v) is 2.73. The molecular weight excluding hydrogens is 278 g/mol. The first-order valence-corrected chi connectivity index (χ1v) is 7.15. The number of ether oxygens (including phenoxy) is 2. The first-order chi connectivity index (χ1) is 9.65. The first-order valence-electron chi connectivity index (χ1n) is 6.77. The minimum Gasteiger partial charge on any atom is -0.496 e. The molecule has 1 amide bonds.